The third-order valence-electron chi connectivity index (χ3n) is 2.22. The van der Waals surface area contributed by atoms with E-state index in [1.54, 1.807) is 6.92 Å². The summed E-state index contributed by atoms with van der Waals surface area (Å²) in [6.45, 7) is 6.91. The van der Waals surface area contributed by atoms with Crippen LogP contribution in [0.2, 0.25) is 0 Å². The van der Waals surface area contributed by atoms with Gasteiger partial charge >= 0.3 is 0 Å². The first-order valence-electron chi connectivity index (χ1n) is 3.88. The molecule has 0 aromatic rings. The lowest BCUT2D eigenvalue weighted by atomic mass is 10.1. The fourth-order valence-corrected chi connectivity index (χ4v) is 1.55. The molecule has 0 aromatic carbocycles. The molecule has 1 saturated heterocycles. The average Bonchev–Trinajstić information content (AvgIpc) is 2.43. The van der Waals surface area contributed by atoms with Gasteiger partial charge in [0.05, 0.1) is 5.54 Å². The third kappa shape index (κ3) is 1.15. The van der Waals surface area contributed by atoms with Crippen molar-refractivity contribution in [2.45, 2.75) is 39.2 Å². The standard InChI is InChI=1S/C8H15NO/c1-4-5-8(3)6-9(8)7(2)10/h4-6H2,1-3H3. The van der Waals surface area contributed by atoms with Gasteiger partial charge in [-0.25, -0.2) is 0 Å². The molecule has 0 aromatic heterocycles. The summed E-state index contributed by atoms with van der Waals surface area (Å²) in [7, 11) is 0. The minimum atomic E-state index is 0.218. The minimum Gasteiger partial charge on any atom is -0.333 e. The summed E-state index contributed by atoms with van der Waals surface area (Å²) in [6, 6.07) is 0. The largest absolute Gasteiger partial charge is 0.333 e. The Morgan fingerprint density at radius 3 is 2.60 bits per heavy atom. The second-order valence-electron chi connectivity index (χ2n) is 3.35. The van der Waals surface area contributed by atoms with Gasteiger partial charge in [-0.15, -0.1) is 0 Å². The Hall–Kier alpha value is -0.530. The molecule has 1 rings (SSSR count). The normalized spacial score (nSPS) is 30.5. The lowest BCUT2D eigenvalue weighted by molar-refractivity contribution is -0.124. The molecule has 2 nitrogen and oxygen atoms in total. The highest BCUT2D eigenvalue weighted by Gasteiger charge is 2.48. The van der Waals surface area contributed by atoms with Gasteiger partial charge in [-0.05, 0) is 13.3 Å². The van der Waals surface area contributed by atoms with E-state index in [-0.39, 0.29) is 11.4 Å². The molecule has 1 amide bonds. The van der Waals surface area contributed by atoms with E-state index in [0.29, 0.717) is 0 Å². The predicted octanol–water partition coefficient (Wildman–Crippen LogP) is 1.41. The highest BCUT2D eigenvalue weighted by molar-refractivity contribution is 5.77. The van der Waals surface area contributed by atoms with Gasteiger partial charge in [0.2, 0.25) is 5.91 Å². The Morgan fingerprint density at radius 2 is 2.30 bits per heavy atom. The molecule has 10 heavy (non-hydrogen) atoms. The highest BCUT2D eigenvalue weighted by Crippen LogP contribution is 2.35. The molecule has 0 spiro atoms. The van der Waals surface area contributed by atoms with E-state index in [1.807, 2.05) is 4.90 Å². The van der Waals surface area contributed by atoms with Crippen LogP contribution in [0, 0.1) is 0 Å². The Balaban J connectivity index is 2.40. The van der Waals surface area contributed by atoms with Crippen molar-refractivity contribution >= 4 is 5.91 Å². The molecule has 0 radical (unpaired) electrons. The zero-order valence-corrected chi connectivity index (χ0v) is 6.98. The van der Waals surface area contributed by atoms with Crippen molar-refractivity contribution in [1.82, 2.24) is 4.90 Å². The number of hydrogen-bond acceptors (Lipinski definition) is 1. The number of hydrogen-bond donors (Lipinski definition) is 0. The van der Waals surface area contributed by atoms with E-state index in [2.05, 4.69) is 13.8 Å². The van der Waals surface area contributed by atoms with Crippen molar-refractivity contribution in [3.8, 4) is 0 Å². The highest BCUT2D eigenvalue weighted by atomic mass is 16.2. The zero-order valence-electron chi connectivity index (χ0n) is 6.98. The fourth-order valence-electron chi connectivity index (χ4n) is 1.55. The van der Waals surface area contributed by atoms with Crippen molar-refractivity contribution in [1.29, 1.82) is 0 Å². The zero-order chi connectivity index (χ0) is 7.78. The third-order valence-corrected chi connectivity index (χ3v) is 2.22. The van der Waals surface area contributed by atoms with Gasteiger partial charge in [0.1, 0.15) is 0 Å². The number of carbonyl (C=O) groups excluding carboxylic acids is 1. The molecule has 1 atom stereocenters. The van der Waals surface area contributed by atoms with Crippen molar-refractivity contribution < 1.29 is 4.79 Å². The molecule has 2 heteroatoms. The van der Waals surface area contributed by atoms with Gasteiger partial charge in [0.25, 0.3) is 0 Å². The van der Waals surface area contributed by atoms with Crippen LogP contribution in [0.1, 0.15) is 33.6 Å². The topological polar surface area (TPSA) is 20.1 Å². The molecule has 0 aliphatic carbocycles. The quantitative estimate of drug-likeness (QED) is 0.532. The smallest absolute Gasteiger partial charge is 0.220 e. The maximum atomic E-state index is 10.8. The molecule has 1 aliphatic heterocycles. The summed E-state index contributed by atoms with van der Waals surface area (Å²) in [5.74, 6) is 0.218. The second kappa shape index (κ2) is 2.26. The molecule has 1 heterocycles. The summed E-state index contributed by atoms with van der Waals surface area (Å²) in [5, 5.41) is 0. The van der Waals surface area contributed by atoms with Gasteiger partial charge in [-0.3, -0.25) is 4.79 Å². The summed E-state index contributed by atoms with van der Waals surface area (Å²) in [4.78, 5) is 12.7. The number of carbonyl (C=O) groups is 1. The fraction of sp³-hybridized carbons (Fsp3) is 0.875. The van der Waals surface area contributed by atoms with E-state index in [9.17, 15) is 4.79 Å². The van der Waals surface area contributed by atoms with Crippen molar-refractivity contribution in [3.05, 3.63) is 0 Å². The van der Waals surface area contributed by atoms with Crippen LogP contribution in [-0.2, 0) is 4.79 Å². The first-order valence-corrected chi connectivity index (χ1v) is 3.88. The first-order chi connectivity index (χ1) is 4.60. The molecular weight excluding hydrogens is 126 g/mol. The maximum Gasteiger partial charge on any atom is 0.220 e. The van der Waals surface area contributed by atoms with Gasteiger partial charge in [0, 0.05) is 13.5 Å². The predicted molar refractivity (Wildman–Crippen MR) is 40.7 cm³/mol. The molecule has 58 valence electrons. The number of nitrogens with zero attached hydrogens (tertiary/aromatic N) is 1. The van der Waals surface area contributed by atoms with Crippen molar-refractivity contribution in [2.24, 2.45) is 0 Å². The van der Waals surface area contributed by atoms with Gasteiger partial charge in [-0.1, -0.05) is 13.3 Å². The van der Waals surface area contributed by atoms with E-state index < -0.39 is 0 Å². The van der Waals surface area contributed by atoms with E-state index in [1.165, 1.54) is 6.42 Å². The van der Waals surface area contributed by atoms with Gasteiger partial charge in [0.15, 0.2) is 0 Å². The molecular formula is C8H15NO. The van der Waals surface area contributed by atoms with Crippen LogP contribution in [0.4, 0.5) is 0 Å². The summed E-state index contributed by atoms with van der Waals surface area (Å²) < 4.78 is 0. The molecule has 1 aliphatic rings. The van der Waals surface area contributed by atoms with Crippen LogP contribution in [0.15, 0.2) is 0 Å². The van der Waals surface area contributed by atoms with Crippen LogP contribution in [0.3, 0.4) is 0 Å². The number of rotatable bonds is 2. The maximum absolute atomic E-state index is 10.8. The molecule has 0 bridgehead atoms. The van der Waals surface area contributed by atoms with E-state index in [4.69, 9.17) is 0 Å². The van der Waals surface area contributed by atoms with Crippen LogP contribution in [0.5, 0.6) is 0 Å². The van der Waals surface area contributed by atoms with Crippen LogP contribution < -0.4 is 0 Å². The molecule has 0 saturated carbocycles. The van der Waals surface area contributed by atoms with Crippen molar-refractivity contribution in [3.63, 3.8) is 0 Å². The van der Waals surface area contributed by atoms with Crippen molar-refractivity contribution in [2.75, 3.05) is 6.54 Å². The van der Waals surface area contributed by atoms with E-state index >= 15 is 0 Å². The molecule has 1 fully saturated rings. The summed E-state index contributed by atoms with van der Waals surface area (Å²) >= 11 is 0. The van der Waals surface area contributed by atoms with Gasteiger partial charge < -0.3 is 4.90 Å². The SMILES string of the molecule is CCCC1(C)CN1C(C)=O. The van der Waals surface area contributed by atoms with Crippen LogP contribution in [0.25, 0.3) is 0 Å². The van der Waals surface area contributed by atoms with Gasteiger partial charge in [-0.2, -0.15) is 0 Å². The monoisotopic (exact) mass is 141 g/mol. The van der Waals surface area contributed by atoms with Crippen LogP contribution in [-0.4, -0.2) is 22.9 Å². The first kappa shape index (κ1) is 7.58. The Labute approximate surface area is 62.2 Å². The Bertz CT molecular complexity index is 155. The second-order valence-corrected chi connectivity index (χ2v) is 3.35. The Morgan fingerprint density at radius 1 is 1.70 bits per heavy atom. The number of amides is 1. The summed E-state index contributed by atoms with van der Waals surface area (Å²) in [5.41, 5.74) is 0.223. The molecule has 1 unspecified atom stereocenters. The van der Waals surface area contributed by atoms with E-state index in [0.717, 1.165) is 13.0 Å². The Kier molecular flexibility index (Phi) is 1.71. The van der Waals surface area contributed by atoms with Crippen LogP contribution >= 0.6 is 0 Å². The molecule has 0 N–H and O–H groups in total. The average molecular weight is 141 g/mol. The lowest BCUT2D eigenvalue weighted by Gasteiger charge is -2.07. The summed E-state index contributed by atoms with van der Waals surface area (Å²) in [6.07, 6.45) is 2.31. The minimum absolute atomic E-state index is 0.218. The lowest BCUT2D eigenvalue weighted by Crippen LogP contribution is -2.17.